The van der Waals surface area contributed by atoms with Crippen molar-refractivity contribution < 1.29 is 8.42 Å². The largest absolute Gasteiger partial charge is 0.243 e. The summed E-state index contributed by atoms with van der Waals surface area (Å²) < 4.78 is 26.3. The van der Waals surface area contributed by atoms with Crippen molar-refractivity contribution in [2.24, 2.45) is 0 Å². The zero-order valence-electron chi connectivity index (χ0n) is 10.7. The molecule has 3 rings (SSSR count). The third-order valence-corrected chi connectivity index (χ3v) is 5.67. The zero-order valence-corrected chi connectivity index (χ0v) is 12.3. The lowest BCUT2D eigenvalue weighted by molar-refractivity contribution is 0.264. The van der Waals surface area contributed by atoms with Crippen LogP contribution in [0.3, 0.4) is 0 Å². The molecule has 3 nitrogen and oxygen atoms in total. The first kappa shape index (κ1) is 13.6. The maximum atomic E-state index is 12.4. The van der Waals surface area contributed by atoms with Crippen LogP contribution in [-0.2, 0) is 10.0 Å². The highest BCUT2D eigenvalue weighted by atomic mass is 35.5. The number of hydrogen-bond donors (Lipinski definition) is 0. The van der Waals surface area contributed by atoms with Crippen LogP contribution >= 0.6 is 11.6 Å². The van der Waals surface area contributed by atoms with Gasteiger partial charge in [0, 0.05) is 24.0 Å². The van der Waals surface area contributed by atoms with Gasteiger partial charge < -0.3 is 0 Å². The van der Waals surface area contributed by atoms with E-state index in [-0.39, 0.29) is 0 Å². The average Bonchev–Trinajstić information content (AvgIpc) is 2.38. The summed E-state index contributed by atoms with van der Waals surface area (Å²) in [7, 11) is -3.39. The van der Waals surface area contributed by atoms with Crippen LogP contribution in [0, 0.1) is 0 Å². The number of halogens is 1. The smallest absolute Gasteiger partial charge is 0.207 e. The van der Waals surface area contributed by atoms with E-state index in [0.29, 0.717) is 28.9 Å². The molecule has 1 saturated heterocycles. The van der Waals surface area contributed by atoms with E-state index < -0.39 is 10.0 Å². The van der Waals surface area contributed by atoms with Crippen molar-refractivity contribution in [1.29, 1.82) is 0 Å². The minimum Gasteiger partial charge on any atom is -0.207 e. The summed E-state index contributed by atoms with van der Waals surface area (Å²) in [5.74, 6) is 0.290. The van der Waals surface area contributed by atoms with Gasteiger partial charge in [0.15, 0.2) is 0 Å². The Morgan fingerprint density at radius 2 is 1.55 bits per heavy atom. The lowest BCUT2D eigenvalue weighted by atomic mass is 9.94. The van der Waals surface area contributed by atoms with E-state index >= 15 is 0 Å². The summed E-state index contributed by atoms with van der Waals surface area (Å²) in [6.07, 6.45) is 0. The summed E-state index contributed by atoms with van der Waals surface area (Å²) in [4.78, 5) is 0.299. The maximum absolute atomic E-state index is 12.4. The molecule has 5 heteroatoms. The molecule has 1 aliphatic heterocycles. The lowest BCUT2D eigenvalue weighted by Crippen LogP contribution is -2.48. The maximum Gasteiger partial charge on any atom is 0.243 e. The highest BCUT2D eigenvalue weighted by Crippen LogP contribution is 2.31. The Kier molecular flexibility index (Phi) is 3.54. The van der Waals surface area contributed by atoms with Crippen LogP contribution in [0.15, 0.2) is 59.5 Å². The van der Waals surface area contributed by atoms with Gasteiger partial charge in [0.05, 0.1) is 4.90 Å². The van der Waals surface area contributed by atoms with Gasteiger partial charge in [-0.25, -0.2) is 8.42 Å². The molecular formula is C15H14ClNO2S. The molecule has 1 aliphatic rings. The third-order valence-electron chi connectivity index (χ3n) is 3.57. The fraction of sp³-hybridized carbons (Fsp3) is 0.200. The average molecular weight is 308 g/mol. The van der Waals surface area contributed by atoms with E-state index in [1.807, 2.05) is 30.3 Å². The highest BCUT2D eigenvalue weighted by Gasteiger charge is 2.37. The molecule has 0 spiro atoms. The monoisotopic (exact) mass is 307 g/mol. The SMILES string of the molecule is O=S(=O)(c1ccc(Cl)cc1)N1CC(c2ccccc2)C1. The number of rotatable bonds is 3. The minimum absolute atomic E-state index is 0.290. The van der Waals surface area contributed by atoms with Gasteiger partial charge in [-0.15, -0.1) is 0 Å². The van der Waals surface area contributed by atoms with Crippen molar-refractivity contribution in [3.05, 3.63) is 65.2 Å². The minimum atomic E-state index is -3.39. The Morgan fingerprint density at radius 1 is 0.950 bits per heavy atom. The summed E-state index contributed by atoms with van der Waals surface area (Å²) in [5.41, 5.74) is 1.19. The molecule has 104 valence electrons. The summed E-state index contributed by atoms with van der Waals surface area (Å²) in [5, 5.41) is 0.537. The fourth-order valence-corrected chi connectivity index (χ4v) is 3.98. The molecule has 0 aromatic heterocycles. The second-order valence-corrected chi connectivity index (χ2v) is 7.26. The molecule has 0 unspecified atom stereocenters. The molecule has 0 amide bonds. The molecule has 0 atom stereocenters. The second-order valence-electron chi connectivity index (χ2n) is 4.88. The number of hydrogen-bond acceptors (Lipinski definition) is 2. The van der Waals surface area contributed by atoms with Crippen LogP contribution in [-0.4, -0.2) is 25.8 Å². The molecule has 0 radical (unpaired) electrons. The van der Waals surface area contributed by atoms with E-state index in [9.17, 15) is 8.42 Å². The van der Waals surface area contributed by atoms with Crippen LogP contribution in [0.25, 0.3) is 0 Å². The fourth-order valence-electron chi connectivity index (χ4n) is 2.33. The zero-order chi connectivity index (χ0) is 14.2. The van der Waals surface area contributed by atoms with Crippen LogP contribution in [0.1, 0.15) is 11.5 Å². The van der Waals surface area contributed by atoms with Crippen LogP contribution in [0.4, 0.5) is 0 Å². The molecular weight excluding hydrogens is 294 g/mol. The van der Waals surface area contributed by atoms with Crippen LogP contribution in [0.2, 0.25) is 5.02 Å². The summed E-state index contributed by atoms with van der Waals surface area (Å²) in [6.45, 7) is 1.07. The van der Waals surface area contributed by atoms with Crippen molar-refractivity contribution in [3.8, 4) is 0 Å². The lowest BCUT2D eigenvalue weighted by Gasteiger charge is -2.38. The predicted octanol–water partition coefficient (Wildman–Crippen LogP) is 3.13. The van der Waals surface area contributed by atoms with Crippen molar-refractivity contribution in [2.75, 3.05) is 13.1 Å². The van der Waals surface area contributed by atoms with E-state index in [4.69, 9.17) is 11.6 Å². The van der Waals surface area contributed by atoms with Crippen molar-refractivity contribution in [2.45, 2.75) is 10.8 Å². The molecule has 0 N–H and O–H groups in total. The number of sulfonamides is 1. The van der Waals surface area contributed by atoms with Crippen molar-refractivity contribution in [3.63, 3.8) is 0 Å². The first-order valence-corrected chi connectivity index (χ1v) is 8.20. The normalized spacial score (nSPS) is 16.9. The molecule has 0 bridgehead atoms. The first-order valence-electron chi connectivity index (χ1n) is 6.38. The molecule has 1 heterocycles. The Labute approximate surface area is 123 Å². The van der Waals surface area contributed by atoms with Gasteiger partial charge in [0.1, 0.15) is 0 Å². The van der Waals surface area contributed by atoms with Gasteiger partial charge in [-0.2, -0.15) is 4.31 Å². The highest BCUT2D eigenvalue weighted by molar-refractivity contribution is 7.89. The first-order chi connectivity index (χ1) is 9.57. The number of benzene rings is 2. The van der Waals surface area contributed by atoms with E-state index in [1.165, 1.54) is 9.87 Å². The predicted molar refractivity (Wildman–Crippen MR) is 79.4 cm³/mol. The second kappa shape index (κ2) is 5.20. The Hall–Kier alpha value is -1.36. The van der Waals surface area contributed by atoms with E-state index in [2.05, 4.69) is 0 Å². The van der Waals surface area contributed by atoms with E-state index in [1.54, 1.807) is 24.3 Å². The Bertz CT molecular complexity index is 692. The summed E-state index contributed by atoms with van der Waals surface area (Å²) >= 11 is 5.78. The molecule has 1 fully saturated rings. The van der Waals surface area contributed by atoms with Crippen LogP contribution < -0.4 is 0 Å². The third kappa shape index (κ3) is 2.46. The van der Waals surface area contributed by atoms with Gasteiger partial charge in [-0.3, -0.25) is 0 Å². The van der Waals surface area contributed by atoms with Gasteiger partial charge >= 0.3 is 0 Å². The van der Waals surface area contributed by atoms with Gasteiger partial charge in [0.25, 0.3) is 0 Å². The van der Waals surface area contributed by atoms with Crippen molar-refractivity contribution in [1.82, 2.24) is 4.31 Å². The topological polar surface area (TPSA) is 37.4 Å². The van der Waals surface area contributed by atoms with Crippen molar-refractivity contribution >= 4 is 21.6 Å². The molecule has 2 aromatic carbocycles. The van der Waals surface area contributed by atoms with Gasteiger partial charge in [-0.05, 0) is 29.8 Å². The molecule has 0 aliphatic carbocycles. The van der Waals surface area contributed by atoms with Gasteiger partial charge in [0.2, 0.25) is 10.0 Å². The molecule has 20 heavy (non-hydrogen) atoms. The van der Waals surface area contributed by atoms with Crippen LogP contribution in [0.5, 0.6) is 0 Å². The Morgan fingerprint density at radius 3 is 2.15 bits per heavy atom. The molecule has 2 aromatic rings. The quantitative estimate of drug-likeness (QED) is 0.873. The summed E-state index contributed by atoms with van der Waals surface area (Å²) in [6, 6.07) is 16.3. The molecule has 0 saturated carbocycles. The standard InChI is InChI=1S/C15H14ClNO2S/c16-14-6-8-15(9-7-14)20(18,19)17-10-13(11-17)12-4-2-1-3-5-12/h1-9,13H,10-11H2. The van der Waals surface area contributed by atoms with Gasteiger partial charge in [-0.1, -0.05) is 41.9 Å². The number of nitrogens with zero attached hydrogens (tertiary/aromatic N) is 1. The Balaban J connectivity index is 1.74. The van der Waals surface area contributed by atoms with E-state index in [0.717, 1.165) is 0 Å².